The Labute approximate surface area is 93.7 Å². The minimum atomic E-state index is -0.101. The molecular formula is C13H25NO. The van der Waals surface area contributed by atoms with Crippen molar-refractivity contribution in [1.82, 2.24) is 4.90 Å². The van der Waals surface area contributed by atoms with E-state index >= 15 is 0 Å². The molecule has 2 aliphatic rings. The average Bonchev–Trinajstić information content (AvgIpc) is 2.89. The molecule has 2 saturated carbocycles. The van der Waals surface area contributed by atoms with Crippen LogP contribution in [0.2, 0.25) is 0 Å². The van der Waals surface area contributed by atoms with E-state index in [9.17, 15) is 5.11 Å². The van der Waals surface area contributed by atoms with E-state index in [1.807, 2.05) is 0 Å². The second-order valence-electron chi connectivity index (χ2n) is 5.74. The Morgan fingerprint density at radius 2 is 1.87 bits per heavy atom. The number of aliphatic hydroxyl groups excluding tert-OH is 1. The number of rotatable bonds is 5. The van der Waals surface area contributed by atoms with Gasteiger partial charge < -0.3 is 10.0 Å². The molecule has 1 unspecified atom stereocenters. The lowest BCUT2D eigenvalue weighted by molar-refractivity contribution is -0.00958. The summed E-state index contributed by atoms with van der Waals surface area (Å²) in [6.07, 6.45) is 9.92. The van der Waals surface area contributed by atoms with Crippen molar-refractivity contribution in [3.63, 3.8) is 0 Å². The Morgan fingerprint density at radius 1 is 1.27 bits per heavy atom. The van der Waals surface area contributed by atoms with Gasteiger partial charge >= 0.3 is 0 Å². The highest BCUT2D eigenvalue weighted by Gasteiger charge is 2.42. The van der Waals surface area contributed by atoms with Crippen LogP contribution in [0.3, 0.4) is 0 Å². The average molecular weight is 211 g/mol. The monoisotopic (exact) mass is 211 g/mol. The molecule has 0 bridgehead atoms. The first-order valence-corrected chi connectivity index (χ1v) is 6.51. The molecule has 1 N–H and O–H groups in total. The van der Waals surface area contributed by atoms with E-state index in [0.717, 1.165) is 12.3 Å². The predicted molar refractivity (Wildman–Crippen MR) is 62.9 cm³/mol. The maximum absolute atomic E-state index is 10.4. The van der Waals surface area contributed by atoms with Gasteiger partial charge in [0.15, 0.2) is 0 Å². The quantitative estimate of drug-likeness (QED) is 0.755. The molecule has 2 nitrogen and oxygen atoms in total. The molecule has 0 aliphatic heterocycles. The summed E-state index contributed by atoms with van der Waals surface area (Å²) in [5.41, 5.74) is 0.106. The summed E-state index contributed by atoms with van der Waals surface area (Å²) in [7, 11) is 4.26. The molecule has 0 aromatic heterocycles. The summed E-state index contributed by atoms with van der Waals surface area (Å²) in [4.78, 5) is 2.28. The molecule has 0 aromatic rings. The third kappa shape index (κ3) is 2.36. The van der Waals surface area contributed by atoms with Crippen molar-refractivity contribution in [1.29, 1.82) is 0 Å². The van der Waals surface area contributed by atoms with Crippen molar-refractivity contribution in [3.05, 3.63) is 0 Å². The highest BCUT2D eigenvalue weighted by molar-refractivity contribution is 4.98. The molecule has 2 fully saturated rings. The molecule has 2 heteroatoms. The standard InChI is InChI=1S/C13H25NO/c1-14(2)13(9-3-4-10-13)12(15)8-7-11-5-6-11/h11-12,15H,3-10H2,1-2H3. The van der Waals surface area contributed by atoms with Gasteiger partial charge in [-0.3, -0.25) is 0 Å². The van der Waals surface area contributed by atoms with Crippen LogP contribution in [-0.4, -0.2) is 35.7 Å². The molecule has 0 heterocycles. The predicted octanol–water partition coefficient (Wildman–Crippen LogP) is 2.41. The van der Waals surface area contributed by atoms with Crippen LogP contribution in [0.1, 0.15) is 51.4 Å². The summed E-state index contributed by atoms with van der Waals surface area (Å²) >= 11 is 0. The zero-order valence-corrected chi connectivity index (χ0v) is 10.2. The van der Waals surface area contributed by atoms with Gasteiger partial charge in [0.1, 0.15) is 0 Å². The normalized spacial score (nSPS) is 27.2. The highest BCUT2D eigenvalue weighted by atomic mass is 16.3. The lowest BCUT2D eigenvalue weighted by atomic mass is 9.86. The smallest absolute Gasteiger partial charge is 0.0723 e. The summed E-state index contributed by atoms with van der Waals surface area (Å²) in [5, 5.41) is 10.4. The molecule has 15 heavy (non-hydrogen) atoms. The maximum Gasteiger partial charge on any atom is 0.0723 e. The second kappa shape index (κ2) is 4.42. The van der Waals surface area contributed by atoms with Gasteiger partial charge in [-0.05, 0) is 45.7 Å². The Morgan fingerprint density at radius 3 is 2.33 bits per heavy atom. The zero-order valence-electron chi connectivity index (χ0n) is 10.2. The zero-order chi connectivity index (χ0) is 10.9. The van der Waals surface area contributed by atoms with Crippen molar-refractivity contribution >= 4 is 0 Å². The fourth-order valence-corrected chi connectivity index (χ4v) is 3.13. The van der Waals surface area contributed by atoms with Crippen molar-refractivity contribution in [2.24, 2.45) is 5.92 Å². The van der Waals surface area contributed by atoms with E-state index in [1.165, 1.54) is 44.9 Å². The van der Waals surface area contributed by atoms with E-state index in [2.05, 4.69) is 19.0 Å². The van der Waals surface area contributed by atoms with Crippen LogP contribution in [0.5, 0.6) is 0 Å². The van der Waals surface area contributed by atoms with Gasteiger partial charge in [-0.1, -0.05) is 25.7 Å². The first-order valence-electron chi connectivity index (χ1n) is 6.51. The van der Waals surface area contributed by atoms with Crippen LogP contribution < -0.4 is 0 Å². The van der Waals surface area contributed by atoms with Crippen LogP contribution in [0.25, 0.3) is 0 Å². The molecule has 2 rings (SSSR count). The Kier molecular flexibility index (Phi) is 3.36. The Bertz CT molecular complexity index is 205. The van der Waals surface area contributed by atoms with E-state index < -0.39 is 0 Å². The van der Waals surface area contributed by atoms with Crippen LogP contribution in [-0.2, 0) is 0 Å². The van der Waals surface area contributed by atoms with Crippen LogP contribution in [0.4, 0.5) is 0 Å². The maximum atomic E-state index is 10.4. The first-order chi connectivity index (χ1) is 7.15. The van der Waals surface area contributed by atoms with Crippen molar-refractivity contribution in [3.8, 4) is 0 Å². The summed E-state index contributed by atoms with van der Waals surface area (Å²) in [6, 6.07) is 0. The van der Waals surface area contributed by atoms with Crippen LogP contribution >= 0.6 is 0 Å². The summed E-state index contributed by atoms with van der Waals surface area (Å²) in [6.45, 7) is 0. The topological polar surface area (TPSA) is 23.5 Å². The van der Waals surface area contributed by atoms with Gasteiger partial charge in [0.25, 0.3) is 0 Å². The minimum Gasteiger partial charge on any atom is -0.391 e. The molecule has 0 saturated heterocycles. The summed E-state index contributed by atoms with van der Waals surface area (Å²) in [5.74, 6) is 0.945. The van der Waals surface area contributed by atoms with Gasteiger partial charge in [-0.25, -0.2) is 0 Å². The molecule has 0 amide bonds. The van der Waals surface area contributed by atoms with E-state index in [-0.39, 0.29) is 11.6 Å². The molecular weight excluding hydrogens is 186 g/mol. The SMILES string of the molecule is CN(C)C1(C(O)CCC2CC2)CCCC1. The minimum absolute atomic E-state index is 0.101. The van der Waals surface area contributed by atoms with Gasteiger partial charge in [0.2, 0.25) is 0 Å². The lowest BCUT2D eigenvalue weighted by Crippen LogP contribution is -2.51. The number of hydrogen-bond acceptors (Lipinski definition) is 2. The van der Waals surface area contributed by atoms with Crippen molar-refractivity contribution < 1.29 is 5.11 Å². The van der Waals surface area contributed by atoms with Gasteiger partial charge in [0, 0.05) is 5.54 Å². The van der Waals surface area contributed by atoms with E-state index in [1.54, 1.807) is 0 Å². The molecule has 0 spiro atoms. The van der Waals surface area contributed by atoms with Crippen molar-refractivity contribution in [2.45, 2.75) is 63.0 Å². The largest absolute Gasteiger partial charge is 0.391 e. The fraction of sp³-hybridized carbons (Fsp3) is 1.00. The van der Waals surface area contributed by atoms with E-state index in [0.29, 0.717) is 0 Å². The summed E-state index contributed by atoms with van der Waals surface area (Å²) < 4.78 is 0. The lowest BCUT2D eigenvalue weighted by Gasteiger charge is -2.40. The van der Waals surface area contributed by atoms with Crippen LogP contribution in [0.15, 0.2) is 0 Å². The molecule has 88 valence electrons. The molecule has 1 atom stereocenters. The number of likely N-dealkylation sites (N-methyl/N-ethyl adjacent to an activating group) is 1. The Hall–Kier alpha value is -0.0800. The van der Waals surface area contributed by atoms with Crippen molar-refractivity contribution in [2.75, 3.05) is 14.1 Å². The molecule has 0 aromatic carbocycles. The molecule has 0 radical (unpaired) electrons. The second-order valence-corrected chi connectivity index (χ2v) is 5.74. The van der Waals surface area contributed by atoms with Crippen LogP contribution in [0, 0.1) is 5.92 Å². The van der Waals surface area contributed by atoms with E-state index in [4.69, 9.17) is 0 Å². The third-order valence-corrected chi connectivity index (χ3v) is 4.53. The number of aliphatic hydroxyl groups is 1. The highest BCUT2D eigenvalue weighted by Crippen LogP contribution is 2.40. The number of hydrogen-bond donors (Lipinski definition) is 1. The fourth-order valence-electron chi connectivity index (χ4n) is 3.13. The first kappa shape index (κ1) is 11.4. The number of nitrogens with zero attached hydrogens (tertiary/aromatic N) is 1. The van der Waals surface area contributed by atoms with Gasteiger partial charge in [-0.15, -0.1) is 0 Å². The van der Waals surface area contributed by atoms with Gasteiger partial charge in [0.05, 0.1) is 6.10 Å². The third-order valence-electron chi connectivity index (χ3n) is 4.53. The van der Waals surface area contributed by atoms with Gasteiger partial charge in [-0.2, -0.15) is 0 Å². The molecule has 2 aliphatic carbocycles. The Balaban J connectivity index is 1.90.